The van der Waals surface area contributed by atoms with Crippen LogP contribution in [-0.4, -0.2) is 43.8 Å². The van der Waals surface area contributed by atoms with Gasteiger partial charge in [-0.1, -0.05) is 60.8 Å². The van der Waals surface area contributed by atoms with E-state index in [1.807, 2.05) is 0 Å². The Morgan fingerprint density at radius 1 is 1.02 bits per heavy atom. The highest BCUT2D eigenvalue weighted by Crippen LogP contribution is 2.30. The summed E-state index contributed by atoms with van der Waals surface area (Å²) in [5.41, 5.74) is 1.47. The maximum absolute atomic E-state index is 14.0. The van der Waals surface area contributed by atoms with Gasteiger partial charge in [-0.15, -0.1) is 0 Å². The number of rotatable bonds is 10. The molecule has 0 saturated heterocycles. The van der Waals surface area contributed by atoms with Crippen LogP contribution in [0, 0.1) is 12.7 Å². The fourth-order valence-corrected chi connectivity index (χ4v) is 6.50. The number of nitrogens with zero attached hydrogens (tertiary/aromatic N) is 2. The monoisotopic (exact) mass is 585 g/mol. The molecule has 40 heavy (non-hydrogen) atoms. The lowest BCUT2D eigenvalue weighted by atomic mass is 10.1. The van der Waals surface area contributed by atoms with Crippen molar-refractivity contribution in [3.63, 3.8) is 0 Å². The van der Waals surface area contributed by atoms with Gasteiger partial charge in [0, 0.05) is 17.6 Å². The van der Waals surface area contributed by atoms with Gasteiger partial charge in [-0.05, 0) is 74.2 Å². The zero-order valence-electron chi connectivity index (χ0n) is 22.5. The lowest BCUT2D eigenvalue weighted by molar-refractivity contribution is -0.139. The van der Waals surface area contributed by atoms with Gasteiger partial charge in [-0.25, -0.2) is 12.8 Å². The topological polar surface area (TPSA) is 86.8 Å². The Morgan fingerprint density at radius 3 is 2.33 bits per heavy atom. The van der Waals surface area contributed by atoms with E-state index in [4.69, 9.17) is 11.6 Å². The summed E-state index contributed by atoms with van der Waals surface area (Å²) in [5.74, 6) is -1.33. The van der Waals surface area contributed by atoms with E-state index in [1.165, 1.54) is 47.4 Å². The molecule has 0 aromatic heterocycles. The van der Waals surface area contributed by atoms with E-state index < -0.39 is 34.3 Å². The lowest BCUT2D eigenvalue weighted by Gasteiger charge is -2.33. The van der Waals surface area contributed by atoms with Crippen molar-refractivity contribution in [3.05, 3.63) is 94.8 Å². The Kier molecular flexibility index (Phi) is 9.48. The smallest absolute Gasteiger partial charge is 0.264 e. The Hall–Kier alpha value is -3.43. The van der Waals surface area contributed by atoms with Gasteiger partial charge in [-0.3, -0.25) is 13.9 Å². The average molecular weight is 586 g/mol. The maximum atomic E-state index is 14.0. The maximum Gasteiger partial charge on any atom is 0.264 e. The number of sulfonamides is 1. The molecule has 0 aliphatic heterocycles. The van der Waals surface area contributed by atoms with Gasteiger partial charge in [0.1, 0.15) is 18.4 Å². The first kappa shape index (κ1) is 29.6. The van der Waals surface area contributed by atoms with E-state index in [0.29, 0.717) is 16.1 Å². The standard InChI is InChI=1S/C30H33ClFN3O4S/c1-21-12-15-24(31)18-28(21)35(40(38,39)27-10-4-3-5-11-27)20-29(36)34(19-23-13-16-25(32)17-14-23)22(2)30(37)33-26-8-6-7-9-26/h3-5,10-18,22,26H,6-9,19-20H2,1-2H3,(H,33,37). The Morgan fingerprint density at radius 2 is 1.68 bits per heavy atom. The molecule has 0 radical (unpaired) electrons. The van der Waals surface area contributed by atoms with Crippen LogP contribution in [0.3, 0.4) is 0 Å². The van der Waals surface area contributed by atoms with Crippen LogP contribution in [0.25, 0.3) is 0 Å². The van der Waals surface area contributed by atoms with E-state index in [9.17, 15) is 22.4 Å². The van der Waals surface area contributed by atoms with Crippen LogP contribution >= 0.6 is 11.6 Å². The lowest BCUT2D eigenvalue weighted by Crippen LogP contribution is -2.52. The fraction of sp³-hybridized carbons (Fsp3) is 0.333. The molecule has 1 aliphatic rings. The first-order chi connectivity index (χ1) is 19.1. The van der Waals surface area contributed by atoms with E-state index in [-0.39, 0.29) is 29.1 Å². The van der Waals surface area contributed by atoms with Crippen molar-refractivity contribution in [2.24, 2.45) is 0 Å². The van der Waals surface area contributed by atoms with Gasteiger partial charge < -0.3 is 10.2 Å². The minimum absolute atomic E-state index is 0.00782. The van der Waals surface area contributed by atoms with Crippen molar-refractivity contribution in [2.75, 3.05) is 10.8 Å². The number of hydrogen-bond acceptors (Lipinski definition) is 4. The molecule has 1 atom stereocenters. The van der Waals surface area contributed by atoms with Gasteiger partial charge in [-0.2, -0.15) is 0 Å². The van der Waals surface area contributed by atoms with Crippen LogP contribution in [0.1, 0.15) is 43.7 Å². The van der Waals surface area contributed by atoms with Crippen LogP contribution in [0.4, 0.5) is 10.1 Å². The van der Waals surface area contributed by atoms with Crippen molar-refractivity contribution in [1.29, 1.82) is 0 Å². The largest absolute Gasteiger partial charge is 0.352 e. The first-order valence-corrected chi connectivity index (χ1v) is 15.1. The molecule has 0 bridgehead atoms. The van der Waals surface area contributed by atoms with Crippen LogP contribution < -0.4 is 9.62 Å². The number of aryl methyl sites for hydroxylation is 1. The Bertz CT molecular complexity index is 1450. The summed E-state index contributed by atoms with van der Waals surface area (Å²) in [6, 6.07) is 17.4. The van der Waals surface area contributed by atoms with E-state index >= 15 is 0 Å². The van der Waals surface area contributed by atoms with Crippen molar-refractivity contribution in [2.45, 2.75) is 63.1 Å². The third kappa shape index (κ3) is 7.01. The molecule has 10 heteroatoms. The van der Waals surface area contributed by atoms with Gasteiger partial charge in [0.2, 0.25) is 11.8 Å². The molecule has 0 heterocycles. The molecule has 1 aliphatic carbocycles. The number of nitrogens with one attached hydrogen (secondary N) is 1. The SMILES string of the molecule is Cc1ccc(Cl)cc1N(CC(=O)N(Cc1ccc(F)cc1)C(C)C(=O)NC1CCCC1)S(=O)(=O)c1ccccc1. The summed E-state index contributed by atoms with van der Waals surface area (Å²) in [7, 11) is -4.19. The van der Waals surface area contributed by atoms with Crippen molar-refractivity contribution in [1.82, 2.24) is 10.2 Å². The van der Waals surface area contributed by atoms with Gasteiger partial charge in [0.25, 0.3) is 10.0 Å². The second-order valence-electron chi connectivity index (χ2n) is 10.1. The third-order valence-electron chi connectivity index (χ3n) is 7.18. The van der Waals surface area contributed by atoms with Gasteiger partial charge in [0.15, 0.2) is 0 Å². The number of carbonyl (C=O) groups is 2. The first-order valence-electron chi connectivity index (χ1n) is 13.2. The second-order valence-corrected chi connectivity index (χ2v) is 12.4. The summed E-state index contributed by atoms with van der Waals surface area (Å²) < 4.78 is 42.4. The number of carbonyl (C=O) groups excluding carboxylic acids is 2. The summed E-state index contributed by atoms with van der Waals surface area (Å²) in [4.78, 5) is 28.6. The number of hydrogen-bond donors (Lipinski definition) is 1. The van der Waals surface area contributed by atoms with Crippen LogP contribution in [-0.2, 0) is 26.2 Å². The quantitative estimate of drug-likeness (QED) is 0.342. The Labute approximate surface area is 240 Å². The number of benzene rings is 3. The highest BCUT2D eigenvalue weighted by atomic mass is 35.5. The van der Waals surface area contributed by atoms with E-state index in [2.05, 4.69) is 5.32 Å². The molecule has 1 unspecified atom stereocenters. The molecule has 3 aromatic rings. The fourth-order valence-electron chi connectivity index (χ4n) is 4.85. The third-order valence-corrected chi connectivity index (χ3v) is 9.19. The molecule has 4 rings (SSSR count). The molecule has 0 spiro atoms. The number of halogens is 2. The highest BCUT2D eigenvalue weighted by molar-refractivity contribution is 7.92. The summed E-state index contributed by atoms with van der Waals surface area (Å²) in [6.07, 6.45) is 3.81. The average Bonchev–Trinajstić information content (AvgIpc) is 3.45. The van der Waals surface area contributed by atoms with Crippen molar-refractivity contribution >= 4 is 39.1 Å². The van der Waals surface area contributed by atoms with Crippen molar-refractivity contribution < 1.29 is 22.4 Å². The van der Waals surface area contributed by atoms with Crippen molar-refractivity contribution in [3.8, 4) is 0 Å². The normalized spacial score (nSPS) is 14.5. The molecule has 1 N–H and O–H groups in total. The highest BCUT2D eigenvalue weighted by Gasteiger charge is 2.34. The molecule has 212 valence electrons. The molecule has 7 nitrogen and oxygen atoms in total. The predicted octanol–water partition coefficient (Wildman–Crippen LogP) is 5.46. The minimum Gasteiger partial charge on any atom is -0.352 e. The molecule has 2 amide bonds. The molecular weight excluding hydrogens is 553 g/mol. The summed E-state index contributed by atoms with van der Waals surface area (Å²) in [5, 5.41) is 3.34. The minimum atomic E-state index is -4.19. The Balaban J connectivity index is 1.70. The van der Waals surface area contributed by atoms with Crippen LogP contribution in [0.5, 0.6) is 0 Å². The summed E-state index contributed by atoms with van der Waals surface area (Å²) >= 11 is 6.25. The van der Waals surface area contributed by atoms with E-state index in [0.717, 1.165) is 30.0 Å². The van der Waals surface area contributed by atoms with Crippen LogP contribution in [0.15, 0.2) is 77.7 Å². The zero-order valence-corrected chi connectivity index (χ0v) is 24.1. The number of amides is 2. The number of anilines is 1. The molecule has 3 aromatic carbocycles. The van der Waals surface area contributed by atoms with Gasteiger partial charge in [0.05, 0.1) is 10.6 Å². The second kappa shape index (κ2) is 12.8. The summed E-state index contributed by atoms with van der Waals surface area (Å²) in [6.45, 7) is 2.77. The van der Waals surface area contributed by atoms with Crippen LogP contribution in [0.2, 0.25) is 5.02 Å². The predicted molar refractivity (Wildman–Crippen MR) is 154 cm³/mol. The van der Waals surface area contributed by atoms with Gasteiger partial charge >= 0.3 is 0 Å². The van der Waals surface area contributed by atoms with E-state index in [1.54, 1.807) is 44.2 Å². The molecular formula is C30H33ClFN3O4S. The molecule has 1 saturated carbocycles. The molecule has 1 fully saturated rings. The zero-order chi connectivity index (χ0) is 28.9.